The van der Waals surface area contributed by atoms with Gasteiger partial charge in [-0.25, -0.2) is 4.98 Å². The van der Waals surface area contributed by atoms with Crippen LogP contribution in [-0.2, 0) is 4.74 Å². The van der Waals surface area contributed by atoms with E-state index in [-0.39, 0.29) is 5.60 Å². The van der Waals surface area contributed by atoms with Gasteiger partial charge in [-0.1, -0.05) is 18.2 Å². The number of aromatic nitrogens is 2. The minimum atomic E-state index is -0.135. The summed E-state index contributed by atoms with van der Waals surface area (Å²) in [5, 5.41) is 9.20. The number of azo groups is 1. The maximum atomic E-state index is 5.93. The molecular weight excluding hydrogens is 532 g/mol. The Hall–Kier alpha value is -4.36. The van der Waals surface area contributed by atoms with Crippen LogP contribution in [0.25, 0.3) is 27.8 Å². The number of benzene rings is 4. The first-order valence-corrected chi connectivity index (χ1v) is 15.3. The molecule has 0 amide bonds. The van der Waals surface area contributed by atoms with Crippen molar-refractivity contribution in [1.29, 1.82) is 0 Å². The predicted molar refractivity (Wildman–Crippen MR) is 179 cm³/mol. The Morgan fingerprint density at radius 2 is 1.26 bits per heavy atom. The molecule has 5 rings (SSSR count). The number of para-hydroxylation sites is 1. The highest BCUT2D eigenvalue weighted by molar-refractivity contribution is 5.85. The Morgan fingerprint density at radius 3 is 1.91 bits per heavy atom. The summed E-state index contributed by atoms with van der Waals surface area (Å²) in [6.45, 7) is 17.1. The standard InChI is InChI=1S/C36H43N6O/c1-7-40(8-2)31-20-22-33-35(26-31)42(30-13-11-10-12-14-30)34-25-28(17-21-32(34)37-33)39-38-27-15-18-29(19-16-27)41(9-3)23-24-43-36(4,5)6/h10-22,25-26H,7-9,23-24H2,1-6H3/q+1. The summed E-state index contributed by atoms with van der Waals surface area (Å²) in [7, 11) is 0. The topological polar surface area (TPSA) is 57.2 Å². The van der Waals surface area contributed by atoms with Crippen molar-refractivity contribution >= 4 is 44.8 Å². The van der Waals surface area contributed by atoms with E-state index in [4.69, 9.17) is 9.72 Å². The number of likely N-dealkylation sites (N-methyl/N-ethyl adjacent to an activating group) is 1. The second kappa shape index (κ2) is 13.3. The van der Waals surface area contributed by atoms with Gasteiger partial charge >= 0.3 is 0 Å². The second-order valence-corrected chi connectivity index (χ2v) is 11.6. The quantitative estimate of drug-likeness (QED) is 0.0899. The number of rotatable bonds is 11. The molecule has 0 aliphatic heterocycles. The van der Waals surface area contributed by atoms with Gasteiger partial charge < -0.3 is 14.5 Å². The van der Waals surface area contributed by atoms with Gasteiger partial charge in [-0.2, -0.15) is 10.2 Å². The van der Waals surface area contributed by atoms with E-state index in [0.29, 0.717) is 6.61 Å². The van der Waals surface area contributed by atoms with Crippen molar-refractivity contribution in [2.45, 2.75) is 47.1 Å². The minimum Gasteiger partial charge on any atom is -0.374 e. The smallest absolute Gasteiger partial charge is 0.239 e. The number of hydrogen-bond donors (Lipinski definition) is 0. The summed E-state index contributed by atoms with van der Waals surface area (Å²) in [4.78, 5) is 9.68. The predicted octanol–water partition coefficient (Wildman–Crippen LogP) is 8.57. The molecule has 0 spiro atoms. The third-order valence-corrected chi connectivity index (χ3v) is 7.56. The van der Waals surface area contributed by atoms with E-state index >= 15 is 0 Å². The summed E-state index contributed by atoms with van der Waals surface area (Å²) >= 11 is 0. The highest BCUT2D eigenvalue weighted by Crippen LogP contribution is 2.27. The molecule has 43 heavy (non-hydrogen) atoms. The molecule has 0 aliphatic carbocycles. The Bertz CT molecular complexity index is 1690. The van der Waals surface area contributed by atoms with Gasteiger partial charge in [-0.15, -0.1) is 4.57 Å². The van der Waals surface area contributed by atoms with Gasteiger partial charge in [0.2, 0.25) is 16.7 Å². The summed E-state index contributed by atoms with van der Waals surface area (Å²) in [6, 6.07) is 31.3. The first-order chi connectivity index (χ1) is 20.8. The van der Waals surface area contributed by atoms with E-state index in [1.807, 2.05) is 30.3 Å². The van der Waals surface area contributed by atoms with E-state index in [9.17, 15) is 0 Å². The van der Waals surface area contributed by atoms with Gasteiger partial charge in [0.15, 0.2) is 0 Å². The maximum Gasteiger partial charge on any atom is 0.239 e. The van der Waals surface area contributed by atoms with Gasteiger partial charge in [0.25, 0.3) is 0 Å². The van der Waals surface area contributed by atoms with Gasteiger partial charge in [-0.05, 0) is 90.1 Å². The van der Waals surface area contributed by atoms with E-state index in [1.165, 1.54) is 5.69 Å². The zero-order valence-electron chi connectivity index (χ0n) is 26.3. The Morgan fingerprint density at radius 1 is 0.674 bits per heavy atom. The fourth-order valence-corrected chi connectivity index (χ4v) is 5.31. The first-order valence-electron chi connectivity index (χ1n) is 15.3. The zero-order valence-corrected chi connectivity index (χ0v) is 26.3. The lowest BCUT2D eigenvalue weighted by molar-refractivity contribution is -0.538. The van der Waals surface area contributed by atoms with Crippen LogP contribution in [0.15, 0.2) is 101 Å². The molecule has 7 heteroatoms. The average Bonchev–Trinajstić information content (AvgIpc) is 3.02. The molecule has 1 heterocycles. The van der Waals surface area contributed by atoms with Gasteiger partial charge in [0.05, 0.1) is 23.6 Å². The summed E-state index contributed by atoms with van der Waals surface area (Å²) < 4.78 is 8.21. The minimum absolute atomic E-state index is 0.135. The van der Waals surface area contributed by atoms with Gasteiger partial charge in [0.1, 0.15) is 11.0 Å². The van der Waals surface area contributed by atoms with Crippen LogP contribution in [0.1, 0.15) is 41.5 Å². The number of nitrogens with zero attached hydrogens (tertiary/aromatic N) is 6. The molecule has 1 aromatic heterocycles. The average molecular weight is 576 g/mol. The molecule has 0 saturated carbocycles. The summed E-state index contributed by atoms with van der Waals surface area (Å²) in [6.07, 6.45) is 0. The van der Waals surface area contributed by atoms with Crippen molar-refractivity contribution in [2.75, 3.05) is 42.6 Å². The van der Waals surface area contributed by atoms with Crippen LogP contribution in [0.5, 0.6) is 0 Å². The Kier molecular flexibility index (Phi) is 9.31. The van der Waals surface area contributed by atoms with Crippen LogP contribution < -0.4 is 14.4 Å². The van der Waals surface area contributed by atoms with Crippen LogP contribution in [-0.4, -0.2) is 43.4 Å². The molecular formula is C36H43N6O+. The van der Waals surface area contributed by atoms with Crippen molar-refractivity contribution in [3.63, 3.8) is 0 Å². The molecule has 0 fully saturated rings. The Balaban J connectivity index is 1.47. The number of anilines is 2. The van der Waals surface area contributed by atoms with Crippen LogP contribution in [0.2, 0.25) is 0 Å². The highest BCUT2D eigenvalue weighted by Gasteiger charge is 2.21. The fourth-order valence-electron chi connectivity index (χ4n) is 5.31. The monoisotopic (exact) mass is 575 g/mol. The molecule has 5 aromatic rings. The van der Waals surface area contributed by atoms with Crippen molar-refractivity contribution in [3.05, 3.63) is 91.0 Å². The molecule has 0 radical (unpaired) electrons. The van der Waals surface area contributed by atoms with E-state index in [1.54, 1.807) is 0 Å². The molecule has 0 unspecified atom stereocenters. The van der Waals surface area contributed by atoms with Crippen LogP contribution in [0, 0.1) is 0 Å². The fraction of sp³-hybridized carbons (Fsp3) is 0.333. The third kappa shape index (κ3) is 7.17. The van der Waals surface area contributed by atoms with E-state index in [2.05, 4.69) is 127 Å². The highest BCUT2D eigenvalue weighted by atomic mass is 16.5. The zero-order chi connectivity index (χ0) is 30.4. The number of ether oxygens (including phenoxy) is 1. The molecule has 0 N–H and O–H groups in total. The summed E-state index contributed by atoms with van der Waals surface area (Å²) in [5.41, 5.74) is 8.76. The summed E-state index contributed by atoms with van der Waals surface area (Å²) in [5.74, 6) is 0. The normalized spacial score (nSPS) is 12.0. The van der Waals surface area contributed by atoms with Crippen LogP contribution in [0.4, 0.5) is 22.7 Å². The van der Waals surface area contributed by atoms with Gasteiger partial charge in [0, 0.05) is 61.8 Å². The lowest BCUT2D eigenvalue weighted by atomic mass is 10.1. The van der Waals surface area contributed by atoms with Crippen molar-refractivity contribution in [1.82, 2.24) is 4.98 Å². The maximum absolute atomic E-state index is 5.93. The second-order valence-electron chi connectivity index (χ2n) is 11.6. The van der Waals surface area contributed by atoms with Crippen molar-refractivity contribution in [2.24, 2.45) is 10.2 Å². The molecule has 222 valence electrons. The first kappa shape index (κ1) is 30.1. The molecule has 4 aromatic carbocycles. The largest absolute Gasteiger partial charge is 0.374 e. The number of fused-ring (bicyclic) bond motifs is 2. The van der Waals surface area contributed by atoms with Crippen molar-refractivity contribution in [3.8, 4) is 5.69 Å². The van der Waals surface area contributed by atoms with Gasteiger partial charge in [-0.3, -0.25) is 0 Å². The molecule has 0 aliphatic rings. The lowest BCUT2D eigenvalue weighted by Gasteiger charge is -2.26. The molecule has 0 saturated heterocycles. The lowest BCUT2D eigenvalue weighted by Crippen LogP contribution is -2.33. The van der Waals surface area contributed by atoms with E-state index < -0.39 is 0 Å². The molecule has 7 nitrogen and oxygen atoms in total. The number of hydrogen-bond acceptors (Lipinski definition) is 6. The van der Waals surface area contributed by atoms with Crippen molar-refractivity contribution < 1.29 is 9.30 Å². The van der Waals surface area contributed by atoms with Crippen LogP contribution in [0.3, 0.4) is 0 Å². The van der Waals surface area contributed by atoms with Crippen LogP contribution >= 0.6 is 0 Å². The Labute approximate surface area is 255 Å². The molecule has 0 atom stereocenters. The third-order valence-electron chi connectivity index (χ3n) is 7.56. The molecule has 0 bridgehead atoms. The van der Waals surface area contributed by atoms with E-state index in [0.717, 1.165) is 71.0 Å². The SMILES string of the molecule is CCN(CC)c1ccc2nc3ccc(N=Nc4ccc(N(CC)CCOC(C)(C)C)cc4)cc3[n+](-c3ccccc3)c2c1.